The zero-order valence-electron chi connectivity index (χ0n) is 8.30. The molecular weight excluding hydrogens is 312 g/mol. The van der Waals surface area contributed by atoms with E-state index in [0.29, 0.717) is 5.02 Å². The largest absolute Gasteiger partial charge is 0.337 e. The van der Waals surface area contributed by atoms with Gasteiger partial charge in [0.25, 0.3) is 5.56 Å². The molecule has 1 aromatic heterocycles. The van der Waals surface area contributed by atoms with Crippen molar-refractivity contribution in [3.63, 3.8) is 0 Å². The highest BCUT2D eigenvalue weighted by Crippen LogP contribution is 2.24. The van der Waals surface area contributed by atoms with Crippen molar-refractivity contribution in [2.24, 2.45) is 0 Å². The van der Waals surface area contributed by atoms with Crippen molar-refractivity contribution in [2.75, 3.05) is 5.32 Å². The summed E-state index contributed by atoms with van der Waals surface area (Å²) in [5, 5.41) is 2.99. The summed E-state index contributed by atoms with van der Waals surface area (Å²) in [6.07, 6.45) is 1.23. The lowest BCUT2D eigenvalue weighted by molar-refractivity contribution is 0.632. The van der Waals surface area contributed by atoms with E-state index in [1.54, 1.807) is 0 Å². The summed E-state index contributed by atoms with van der Waals surface area (Å²) < 4.78 is 13.7. The second-order valence-electron chi connectivity index (χ2n) is 3.14. The molecule has 0 bridgehead atoms. The Labute approximate surface area is 109 Å². The number of aromatic amines is 1. The van der Waals surface area contributed by atoms with E-state index < -0.39 is 5.82 Å². The Bertz CT molecular complexity index is 617. The van der Waals surface area contributed by atoms with Gasteiger partial charge in [0.1, 0.15) is 10.3 Å². The van der Waals surface area contributed by atoms with Crippen molar-refractivity contribution in [3.05, 3.63) is 50.2 Å². The van der Waals surface area contributed by atoms with Crippen LogP contribution in [-0.2, 0) is 0 Å². The summed E-state index contributed by atoms with van der Waals surface area (Å²) in [4.78, 5) is 17.5. The normalized spacial score (nSPS) is 10.3. The highest BCUT2D eigenvalue weighted by Gasteiger charge is 2.08. The predicted octanol–water partition coefficient (Wildman–Crippen LogP) is 3.07. The Morgan fingerprint density at radius 1 is 1.47 bits per heavy atom. The lowest BCUT2D eigenvalue weighted by Gasteiger charge is -2.07. The molecule has 1 aromatic carbocycles. The number of H-pyrrole nitrogens is 1. The van der Waals surface area contributed by atoms with Crippen LogP contribution in [0.5, 0.6) is 0 Å². The summed E-state index contributed by atoms with van der Waals surface area (Å²) in [7, 11) is 0. The summed E-state index contributed by atoms with van der Waals surface area (Å²) in [6.45, 7) is 0. The average Bonchev–Trinajstić information content (AvgIpc) is 2.28. The van der Waals surface area contributed by atoms with Crippen LogP contribution in [0.15, 0.2) is 33.8 Å². The van der Waals surface area contributed by atoms with Crippen molar-refractivity contribution in [1.29, 1.82) is 0 Å². The Hall–Kier alpha value is -1.40. The van der Waals surface area contributed by atoms with Crippen LogP contribution in [0.3, 0.4) is 0 Å². The molecule has 0 spiro atoms. The Morgan fingerprint density at radius 3 is 2.94 bits per heavy atom. The molecule has 0 aliphatic heterocycles. The molecule has 0 unspecified atom stereocenters. The molecule has 0 atom stereocenters. The smallest absolute Gasteiger partial charge is 0.267 e. The van der Waals surface area contributed by atoms with Crippen LogP contribution in [-0.4, -0.2) is 9.97 Å². The van der Waals surface area contributed by atoms with Gasteiger partial charge in [0, 0.05) is 5.02 Å². The summed E-state index contributed by atoms with van der Waals surface area (Å²) in [5.41, 5.74) is -0.162. The predicted molar refractivity (Wildman–Crippen MR) is 67.3 cm³/mol. The molecule has 2 aromatic rings. The number of nitrogens with zero attached hydrogens (tertiary/aromatic N) is 1. The number of hydrogen-bond acceptors (Lipinski definition) is 3. The zero-order valence-corrected chi connectivity index (χ0v) is 10.6. The first kappa shape index (κ1) is 12.1. The van der Waals surface area contributed by atoms with Gasteiger partial charge in [-0.2, -0.15) is 0 Å². The minimum absolute atomic E-state index is 0.188. The molecule has 4 nitrogen and oxygen atoms in total. The van der Waals surface area contributed by atoms with Gasteiger partial charge in [-0.25, -0.2) is 9.37 Å². The van der Waals surface area contributed by atoms with Crippen molar-refractivity contribution >= 4 is 39.0 Å². The number of halogens is 3. The van der Waals surface area contributed by atoms with Gasteiger partial charge in [0.2, 0.25) is 0 Å². The number of rotatable bonds is 2. The van der Waals surface area contributed by atoms with Crippen molar-refractivity contribution in [3.8, 4) is 0 Å². The molecule has 0 radical (unpaired) electrons. The van der Waals surface area contributed by atoms with Crippen LogP contribution in [0.4, 0.5) is 15.9 Å². The number of anilines is 2. The Balaban J connectivity index is 2.38. The number of hydrogen-bond donors (Lipinski definition) is 2. The first-order chi connectivity index (χ1) is 8.08. The highest BCUT2D eigenvalue weighted by molar-refractivity contribution is 9.10. The quantitative estimate of drug-likeness (QED) is 0.894. The summed E-state index contributed by atoms with van der Waals surface area (Å²) >= 11 is 8.69. The van der Waals surface area contributed by atoms with Crippen LogP contribution < -0.4 is 10.9 Å². The van der Waals surface area contributed by atoms with Gasteiger partial charge in [-0.15, -0.1) is 0 Å². The number of aromatic nitrogens is 2. The minimum atomic E-state index is -0.522. The van der Waals surface area contributed by atoms with E-state index in [4.69, 9.17) is 11.6 Å². The zero-order chi connectivity index (χ0) is 12.4. The molecule has 2 rings (SSSR count). The molecule has 0 fully saturated rings. The van der Waals surface area contributed by atoms with Gasteiger partial charge >= 0.3 is 0 Å². The first-order valence-corrected chi connectivity index (χ1v) is 5.70. The lowest BCUT2D eigenvalue weighted by Crippen LogP contribution is -2.10. The van der Waals surface area contributed by atoms with Crippen LogP contribution >= 0.6 is 27.5 Å². The van der Waals surface area contributed by atoms with Gasteiger partial charge in [-0.05, 0) is 34.1 Å². The van der Waals surface area contributed by atoms with Gasteiger partial charge in [-0.1, -0.05) is 11.6 Å². The SMILES string of the molecule is O=c1[nH]cnc(Nc2ccc(Cl)cc2F)c1Br. The molecule has 0 aliphatic carbocycles. The third-order valence-corrected chi connectivity index (χ3v) is 2.95. The van der Waals surface area contributed by atoms with Crippen molar-refractivity contribution in [1.82, 2.24) is 9.97 Å². The fourth-order valence-electron chi connectivity index (χ4n) is 1.19. The third kappa shape index (κ3) is 2.65. The first-order valence-electron chi connectivity index (χ1n) is 4.53. The minimum Gasteiger partial charge on any atom is -0.337 e. The molecule has 0 aliphatic rings. The van der Waals surface area contributed by atoms with Gasteiger partial charge in [0.15, 0.2) is 5.82 Å². The van der Waals surface area contributed by atoms with Gasteiger partial charge < -0.3 is 10.3 Å². The molecule has 7 heteroatoms. The van der Waals surface area contributed by atoms with E-state index in [1.165, 1.54) is 24.5 Å². The maximum atomic E-state index is 13.5. The lowest BCUT2D eigenvalue weighted by atomic mass is 10.3. The molecule has 0 saturated carbocycles. The standard InChI is InChI=1S/C10H6BrClFN3O/c11-8-9(14-4-15-10(8)17)16-7-2-1-5(12)3-6(7)13/h1-4H,(H2,14,15,16,17). The topological polar surface area (TPSA) is 57.8 Å². The van der Waals surface area contributed by atoms with Crippen LogP contribution in [0.25, 0.3) is 0 Å². The molecule has 2 N–H and O–H groups in total. The molecular formula is C10H6BrClFN3O. The fraction of sp³-hybridized carbons (Fsp3) is 0. The van der Waals surface area contributed by atoms with E-state index in [1.807, 2.05) is 0 Å². The fourth-order valence-corrected chi connectivity index (χ4v) is 1.66. The Kier molecular flexibility index (Phi) is 3.44. The molecule has 1 heterocycles. The average molecular weight is 319 g/mol. The Morgan fingerprint density at radius 2 is 2.24 bits per heavy atom. The molecule has 88 valence electrons. The summed E-state index contributed by atoms with van der Waals surface area (Å²) in [6, 6.07) is 4.17. The van der Waals surface area contributed by atoms with Crippen molar-refractivity contribution in [2.45, 2.75) is 0 Å². The maximum absolute atomic E-state index is 13.5. The van der Waals surface area contributed by atoms with Crippen LogP contribution in [0, 0.1) is 5.82 Å². The second kappa shape index (κ2) is 4.85. The van der Waals surface area contributed by atoms with E-state index in [0.717, 1.165) is 0 Å². The van der Waals surface area contributed by atoms with E-state index in [9.17, 15) is 9.18 Å². The van der Waals surface area contributed by atoms with Crippen LogP contribution in [0.2, 0.25) is 5.02 Å². The second-order valence-corrected chi connectivity index (χ2v) is 4.37. The van der Waals surface area contributed by atoms with E-state index in [-0.39, 0.29) is 21.5 Å². The highest BCUT2D eigenvalue weighted by atomic mass is 79.9. The molecule has 0 amide bonds. The number of nitrogens with one attached hydrogen (secondary N) is 2. The van der Waals surface area contributed by atoms with E-state index >= 15 is 0 Å². The number of benzene rings is 1. The third-order valence-electron chi connectivity index (χ3n) is 1.98. The molecule has 17 heavy (non-hydrogen) atoms. The van der Waals surface area contributed by atoms with Gasteiger partial charge in [-0.3, -0.25) is 4.79 Å². The maximum Gasteiger partial charge on any atom is 0.267 e. The molecule has 0 saturated heterocycles. The van der Waals surface area contributed by atoms with E-state index in [2.05, 4.69) is 31.2 Å². The summed E-state index contributed by atoms with van der Waals surface area (Å²) in [5.74, 6) is -0.290. The van der Waals surface area contributed by atoms with Gasteiger partial charge in [0.05, 0.1) is 12.0 Å². The monoisotopic (exact) mass is 317 g/mol. The van der Waals surface area contributed by atoms with Crippen LogP contribution in [0.1, 0.15) is 0 Å². The van der Waals surface area contributed by atoms with Crippen molar-refractivity contribution < 1.29 is 4.39 Å².